The van der Waals surface area contributed by atoms with Gasteiger partial charge in [0.2, 0.25) is 11.2 Å². The first-order chi connectivity index (χ1) is 16.2. The van der Waals surface area contributed by atoms with Crippen molar-refractivity contribution in [1.29, 1.82) is 0 Å². The molecule has 0 aliphatic heterocycles. The van der Waals surface area contributed by atoms with Crippen molar-refractivity contribution < 1.29 is 14.4 Å². The normalized spacial score (nSPS) is 11.6. The lowest BCUT2D eigenvalue weighted by molar-refractivity contribution is -0.384. The number of pyridine rings is 1. The Morgan fingerprint density at radius 1 is 1.18 bits per heavy atom. The van der Waals surface area contributed by atoms with Gasteiger partial charge in [-0.15, -0.1) is 0 Å². The second kappa shape index (κ2) is 9.88. The van der Waals surface area contributed by atoms with Gasteiger partial charge in [0, 0.05) is 50.5 Å². The zero-order valence-electron chi connectivity index (χ0n) is 19.1. The fraction of sp³-hybridized carbons (Fsp3) is 0.261. The fourth-order valence-corrected chi connectivity index (χ4v) is 4.27. The minimum atomic E-state index is -1.23. The van der Waals surface area contributed by atoms with Gasteiger partial charge >= 0.3 is 0 Å². The highest BCUT2D eigenvalue weighted by Crippen LogP contribution is 2.38. The van der Waals surface area contributed by atoms with Crippen molar-refractivity contribution in [3.05, 3.63) is 70.4 Å². The molecular weight excluding hydrogens is 474 g/mol. The van der Waals surface area contributed by atoms with E-state index in [-0.39, 0.29) is 29.3 Å². The zero-order valence-corrected chi connectivity index (χ0v) is 20.8. The van der Waals surface area contributed by atoms with E-state index in [1.54, 1.807) is 24.5 Å². The highest BCUT2D eigenvalue weighted by atomic mass is 35.5. The lowest BCUT2D eigenvalue weighted by Gasteiger charge is -2.15. The van der Waals surface area contributed by atoms with Crippen molar-refractivity contribution in [3.63, 3.8) is 0 Å². The predicted octanol–water partition coefficient (Wildman–Crippen LogP) is 6.16. The fourth-order valence-electron chi connectivity index (χ4n) is 3.36. The molecule has 9 nitrogen and oxygen atoms in total. The largest absolute Gasteiger partial charge is 0.438 e. The van der Waals surface area contributed by atoms with E-state index in [0.717, 1.165) is 17.2 Å². The number of aromatic nitrogens is 4. The van der Waals surface area contributed by atoms with E-state index in [1.807, 2.05) is 22.9 Å². The van der Waals surface area contributed by atoms with Crippen LogP contribution in [0.5, 0.6) is 11.6 Å². The summed E-state index contributed by atoms with van der Waals surface area (Å²) in [5.41, 5.74) is 2.07. The minimum absolute atomic E-state index is 0.00730. The standard InChI is InChI=1S/C23H24ClN5O4Si/c1-34(2,3)11-10-32-15-28-14-19(16-6-5-9-25-13-16)20-21(28)26-23(24)27-22(20)33-18-8-4-7-17(12-18)29(30)31/h4-9,12-14H,10-11,15H2,1-3H3. The number of fused-ring (bicyclic) bond motifs is 1. The van der Waals surface area contributed by atoms with Gasteiger partial charge in [0.25, 0.3) is 5.69 Å². The summed E-state index contributed by atoms with van der Waals surface area (Å²) in [6.45, 7) is 7.82. The molecule has 0 atom stereocenters. The Balaban J connectivity index is 1.77. The Kier molecular flexibility index (Phi) is 6.91. The van der Waals surface area contributed by atoms with Crippen LogP contribution in [0, 0.1) is 10.1 Å². The first kappa shape index (κ1) is 23.8. The van der Waals surface area contributed by atoms with Gasteiger partial charge in [-0.2, -0.15) is 9.97 Å². The number of benzene rings is 1. The van der Waals surface area contributed by atoms with Crippen LogP contribution in [0.2, 0.25) is 31.0 Å². The number of nitrogens with zero attached hydrogens (tertiary/aromatic N) is 5. The molecule has 0 fully saturated rings. The van der Waals surface area contributed by atoms with E-state index in [9.17, 15) is 10.1 Å². The van der Waals surface area contributed by atoms with Gasteiger partial charge in [-0.1, -0.05) is 31.8 Å². The average Bonchev–Trinajstić information content (AvgIpc) is 3.15. The van der Waals surface area contributed by atoms with Crippen molar-refractivity contribution in [2.75, 3.05) is 6.61 Å². The Morgan fingerprint density at radius 2 is 2.00 bits per heavy atom. The van der Waals surface area contributed by atoms with E-state index in [1.165, 1.54) is 12.1 Å². The molecule has 0 aliphatic carbocycles. The summed E-state index contributed by atoms with van der Waals surface area (Å²) in [6, 6.07) is 10.7. The summed E-state index contributed by atoms with van der Waals surface area (Å²) in [4.78, 5) is 23.7. The van der Waals surface area contributed by atoms with Crippen LogP contribution in [0.25, 0.3) is 22.2 Å². The Labute approximate surface area is 202 Å². The monoisotopic (exact) mass is 497 g/mol. The quantitative estimate of drug-likeness (QED) is 0.0895. The zero-order chi connectivity index (χ0) is 24.3. The lowest BCUT2D eigenvalue weighted by Crippen LogP contribution is -2.22. The summed E-state index contributed by atoms with van der Waals surface area (Å²) < 4.78 is 13.8. The van der Waals surface area contributed by atoms with Crippen LogP contribution < -0.4 is 4.74 Å². The summed E-state index contributed by atoms with van der Waals surface area (Å²) >= 11 is 6.25. The van der Waals surface area contributed by atoms with Crippen LogP contribution in [0.4, 0.5) is 5.69 Å². The molecule has 0 bridgehead atoms. The van der Waals surface area contributed by atoms with E-state index < -0.39 is 13.0 Å². The second-order valence-electron chi connectivity index (χ2n) is 8.96. The van der Waals surface area contributed by atoms with Crippen LogP contribution in [0.1, 0.15) is 0 Å². The van der Waals surface area contributed by atoms with Crippen molar-refractivity contribution in [1.82, 2.24) is 19.5 Å². The Bertz CT molecular complexity index is 1320. The number of halogens is 1. The number of hydrogen-bond donors (Lipinski definition) is 0. The van der Waals surface area contributed by atoms with E-state index >= 15 is 0 Å². The van der Waals surface area contributed by atoms with Gasteiger partial charge < -0.3 is 14.0 Å². The summed E-state index contributed by atoms with van der Waals surface area (Å²) in [5, 5.41) is 11.8. The van der Waals surface area contributed by atoms with Crippen molar-refractivity contribution in [2.45, 2.75) is 32.4 Å². The van der Waals surface area contributed by atoms with Gasteiger partial charge in [0.15, 0.2) is 5.65 Å². The van der Waals surface area contributed by atoms with Crippen LogP contribution in [0.15, 0.2) is 55.0 Å². The minimum Gasteiger partial charge on any atom is -0.438 e. The smallest absolute Gasteiger partial charge is 0.273 e. The number of hydrogen-bond acceptors (Lipinski definition) is 7. The first-order valence-electron chi connectivity index (χ1n) is 10.7. The van der Waals surface area contributed by atoms with E-state index in [2.05, 4.69) is 34.6 Å². The number of non-ortho nitro benzene ring substituents is 1. The third-order valence-corrected chi connectivity index (χ3v) is 6.97. The SMILES string of the molecule is C[Si](C)(C)CCOCn1cc(-c2cccnc2)c2c(Oc3cccc([N+](=O)[O-])c3)nc(Cl)nc21. The van der Waals surface area contributed by atoms with Gasteiger partial charge in [-0.3, -0.25) is 15.1 Å². The van der Waals surface area contributed by atoms with Crippen LogP contribution in [-0.2, 0) is 11.5 Å². The van der Waals surface area contributed by atoms with Crippen molar-refractivity contribution >= 4 is 36.4 Å². The lowest BCUT2D eigenvalue weighted by atomic mass is 10.1. The maximum atomic E-state index is 11.2. The molecule has 0 saturated carbocycles. The molecule has 0 radical (unpaired) electrons. The third-order valence-electron chi connectivity index (χ3n) is 5.10. The summed E-state index contributed by atoms with van der Waals surface area (Å²) in [5.74, 6) is 0.455. The van der Waals surface area contributed by atoms with Crippen molar-refractivity contribution in [2.24, 2.45) is 0 Å². The van der Waals surface area contributed by atoms with Crippen LogP contribution >= 0.6 is 11.6 Å². The molecule has 0 aliphatic rings. The molecule has 3 heterocycles. The molecule has 4 aromatic rings. The maximum Gasteiger partial charge on any atom is 0.273 e. The molecule has 11 heteroatoms. The molecule has 0 saturated heterocycles. The molecule has 34 heavy (non-hydrogen) atoms. The number of nitro benzene ring substituents is 1. The predicted molar refractivity (Wildman–Crippen MR) is 133 cm³/mol. The van der Waals surface area contributed by atoms with Gasteiger partial charge in [-0.25, -0.2) is 0 Å². The molecule has 0 spiro atoms. The molecule has 1 aromatic carbocycles. The highest BCUT2D eigenvalue weighted by Gasteiger charge is 2.21. The molecule has 0 N–H and O–H groups in total. The van der Waals surface area contributed by atoms with E-state index in [4.69, 9.17) is 21.1 Å². The summed E-state index contributed by atoms with van der Waals surface area (Å²) in [6.07, 6.45) is 5.33. The first-order valence-corrected chi connectivity index (χ1v) is 14.8. The van der Waals surface area contributed by atoms with E-state index in [0.29, 0.717) is 17.6 Å². The second-order valence-corrected chi connectivity index (χ2v) is 14.9. The number of ether oxygens (including phenoxy) is 2. The topological polar surface area (TPSA) is 105 Å². The highest BCUT2D eigenvalue weighted by molar-refractivity contribution is 6.76. The molecule has 3 aromatic heterocycles. The van der Waals surface area contributed by atoms with Gasteiger partial charge in [-0.05, 0) is 29.8 Å². The number of rotatable bonds is 9. The molecule has 4 rings (SSSR count). The molecular formula is C23H24ClN5O4Si. The van der Waals surface area contributed by atoms with Crippen molar-refractivity contribution in [3.8, 4) is 22.8 Å². The summed E-state index contributed by atoms with van der Waals surface area (Å²) in [7, 11) is -1.23. The number of nitro groups is 1. The van der Waals surface area contributed by atoms with Crippen LogP contribution in [-0.4, -0.2) is 39.1 Å². The average molecular weight is 498 g/mol. The van der Waals surface area contributed by atoms with Crippen LogP contribution in [0.3, 0.4) is 0 Å². The molecule has 176 valence electrons. The van der Waals surface area contributed by atoms with Gasteiger partial charge in [0.1, 0.15) is 12.5 Å². The molecule has 0 amide bonds. The Morgan fingerprint density at radius 3 is 2.71 bits per heavy atom. The van der Waals surface area contributed by atoms with Gasteiger partial charge in [0.05, 0.1) is 16.4 Å². The third kappa shape index (κ3) is 5.58. The Hall–Kier alpha value is -3.34. The maximum absolute atomic E-state index is 11.2. The molecule has 0 unspecified atom stereocenters.